The number of rotatable bonds is 4. The molecule has 1 N–H and O–H groups in total. The monoisotopic (exact) mass is 428 g/mol. The van der Waals surface area contributed by atoms with Crippen LogP contribution in [0.3, 0.4) is 0 Å². The van der Waals surface area contributed by atoms with E-state index in [1.54, 1.807) is 29.5 Å². The van der Waals surface area contributed by atoms with Gasteiger partial charge < -0.3 is 5.32 Å². The fourth-order valence-electron chi connectivity index (χ4n) is 3.99. The molecule has 1 aliphatic rings. The van der Waals surface area contributed by atoms with Crippen molar-refractivity contribution >= 4 is 33.0 Å². The number of carbonyl (C=O) groups is 1. The van der Waals surface area contributed by atoms with Gasteiger partial charge in [0.2, 0.25) is 0 Å². The van der Waals surface area contributed by atoms with Crippen LogP contribution in [0.25, 0.3) is 20.8 Å². The van der Waals surface area contributed by atoms with E-state index in [4.69, 9.17) is 4.98 Å². The van der Waals surface area contributed by atoms with E-state index in [0.717, 1.165) is 39.5 Å². The molecule has 5 rings (SSSR count). The van der Waals surface area contributed by atoms with Crippen molar-refractivity contribution in [2.24, 2.45) is 0 Å². The van der Waals surface area contributed by atoms with Crippen molar-refractivity contribution in [2.75, 3.05) is 5.32 Å². The number of fused-ring (bicyclic) bond motifs is 1. The number of carbonyl (C=O) groups excluding carboxylic acids is 1. The van der Waals surface area contributed by atoms with Gasteiger partial charge in [0.25, 0.3) is 0 Å². The highest BCUT2D eigenvalue weighted by Crippen LogP contribution is 2.34. The summed E-state index contributed by atoms with van der Waals surface area (Å²) in [6.45, 7) is 2.09. The number of halogens is 1. The Morgan fingerprint density at radius 1 is 1.00 bits per heavy atom. The first-order valence-corrected chi connectivity index (χ1v) is 11.1. The second kappa shape index (κ2) is 8.08. The van der Waals surface area contributed by atoms with Crippen LogP contribution in [0.4, 0.5) is 10.1 Å². The van der Waals surface area contributed by atoms with Crippen LogP contribution in [0.15, 0.2) is 78.5 Å². The van der Waals surface area contributed by atoms with Crippen molar-refractivity contribution in [2.45, 2.75) is 25.7 Å². The van der Waals surface area contributed by atoms with Gasteiger partial charge in [-0.25, -0.2) is 9.37 Å². The van der Waals surface area contributed by atoms with Gasteiger partial charge in [0.1, 0.15) is 10.8 Å². The molecule has 0 saturated carbocycles. The first kappa shape index (κ1) is 19.6. The van der Waals surface area contributed by atoms with Crippen molar-refractivity contribution in [3.63, 3.8) is 0 Å². The Balaban J connectivity index is 1.32. The second-order valence-corrected chi connectivity index (χ2v) is 9.02. The van der Waals surface area contributed by atoms with Gasteiger partial charge in [0.05, 0.1) is 10.2 Å². The molecule has 0 saturated heterocycles. The van der Waals surface area contributed by atoms with E-state index >= 15 is 0 Å². The maximum Gasteiger partial charge on any atom is 0.158 e. The predicted molar refractivity (Wildman–Crippen MR) is 125 cm³/mol. The summed E-state index contributed by atoms with van der Waals surface area (Å²) < 4.78 is 14.4. The van der Waals surface area contributed by atoms with Gasteiger partial charge in [-0.3, -0.25) is 4.79 Å². The molecular formula is C26H21FN2OS. The first-order valence-electron chi connectivity index (χ1n) is 10.3. The van der Waals surface area contributed by atoms with E-state index in [9.17, 15) is 9.18 Å². The molecule has 154 valence electrons. The molecule has 0 radical (unpaired) electrons. The summed E-state index contributed by atoms with van der Waals surface area (Å²) in [5, 5.41) is 4.38. The molecule has 5 heteroatoms. The van der Waals surface area contributed by atoms with Crippen molar-refractivity contribution in [1.29, 1.82) is 0 Å². The van der Waals surface area contributed by atoms with Crippen LogP contribution in [-0.4, -0.2) is 10.8 Å². The van der Waals surface area contributed by atoms with Gasteiger partial charge in [-0.05, 0) is 78.9 Å². The van der Waals surface area contributed by atoms with Crippen LogP contribution in [0.1, 0.15) is 29.9 Å². The smallest absolute Gasteiger partial charge is 0.158 e. The zero-order valence-corrected chi connectivity index (χ0v) is 17.9. The number of nitrogens with one attached hydrogen (secondary N) is 1. The van der Waals surface area contributed by atoms with Crippen LogP contribution in [0.2, 0.25) is 0 Å². The first-order chi connectivity index (χ1) is 15.0. The third-order valence-corrected chi connectivity index (χ3v) is 6.64. The van der Waals surface area contributed by atoms with E-state index in [-0.39, 0.29) is 17.5 Å². The lowest BCUT2D eigenvalue weighted by Crippen LogP contribution is -2.16. The number of thiazole rings is 1. The third-order valence-electron chi connectivity index (χ3n) is 5.57. The number of allylic oxidation sites excluding steroid dienone is 2. The number of anilines is 1. The van der Waals surface area contributed by atoms with E-state index in [0.29, 0.717) is 6.42 Å². The molecule has 0 aliphatic heterocycles. The Morgan fingerprint density at radius 3 is 2.55 bits per heavy atom. The highest BCUT2D eigenvalue weighted by Gasteiger charge is 2.22. The molecule has 1 aliphatic carbocycles. The standard InChI is InChI=1S/C26H21FN2OS/c1-16-2-11-24-25(12-16)31-26(29-24)18-5-9-21(10-6-18)28-22-13-19(14-23(30)15-22)17-3-7-20(27)8-4-17/h2-12,15,19,28H,13-14H2,1H3. The molecule has 0 bridgehead atoms. The summed E-state index contributed by atoms with van der Waals surface area (Å²) in [6, 6.07) is 20.9. The summed E-state index contributed by atoms with van der Waals surface area (Å²) in [5.74, 6) is -0.112. The number of nitrogens with zero attached hydrogens (tertiary/aromatic N) is 1. The molecule has 0 spiro atoms. The minimum Gasteiger partial charge on any atom is -0.359 e. The van der Waals surface area contributed by atoms with Gasteiger partial charge in [-0.2, -0.15) is 0 Å². The summed E-state index contributed by atoms with van der Waals surface area (Å²) in [7, 11) is 0. The van der Waals surface area contributed by atoms with E-state index < -0.39 is 0 Å². The molecule has 1 unspecified atom stereocenters. The molecule has 31 heavy (non-hydrogen) atoms. The van der Waals surface area contributed by atoms with E-state index in [2.05, 4.69) is 42.6 Å². The van der Waals surface area contributed by atoms with Gasteiger partial charge in [0.15, 0.2) is 5.78 Å². The predicted octanol–water partition coefficient (Wildman–Crippen LogP) is 6.85. The molecule has 0 fully saturated rings. The summed E-state index contributed by atoms with van der Waals surface area (Å²) in [4.78, 5) is 17.0. The second-order valence-electron chi connectivity index (χ2n) is 7.99. The molecule has 1 heterocycles. The van der Waals surface area contributed by atoms with Crippen LogP contribution < -0.4 is 5.32 Å². The van der Waals surface area contributed by atoms with Crippen LogP contribution in [-0.2, 0) is 4.79 Å². The van der Waals surface area contributed by atoms with Gasteiger partial charge >= 0.3 is 0 Å². The molecule has 1 atom stereocenters. The Bertz CT molecular complexity index is 1290. The normalized spacial score (nSPS) is 16.4. The molecule has 0 amide bonds. The number of ketones is 1. The fraction of sp³-hybridized carbons (Fsp3) is 0.154. The minimum atomic E-state index is -0.261. The van der Waals surface area contributed by atoms with Gasteiger partial charge in [-0.1, -0.05) is 18.2 Å². The lowest BCUT2D eigenvalue weighted by Gasteiger charge is -2.23. The fourth-order valence-corrected chi connectivity index (χ4v) is 5.06. The van der Waals surface area contributed by atoms with Crippen molar-refractivity contribution in [3.8, 4) is 10.6 Å². The minimum absolute atomic E-state index is 0.0612. The van der Waals surface area contributed by atoms with Gasteiger partial charge in [-0.15, -0.1) is 11.3 Å². The van der Waals surface area contributed by atoms with Crippen LogP contribution >= 0.6 is 11.3 Å². The topological polar surface area (TPSA) is 42.0 Å². The van der Waals surface area contributed by atoms with E-state index in [1.807, 2.05) is 12.1 Å². The highest BCUT2D eigenvalue weighted by molar-refractivity contribution is 7.21. The Kier molecular flexibility index (Phi) is 5.12. The molecular weight excluding hydrogens is 407 g/mol. The number of benzene rings is 3. The van der Waals surface area contributed by atoms with Crippen molar-refractivity contribution < 1.29 is 9.18 Å². The number of hydrogen-bond acceptors (Lipinski definition) is 4. The summed E-state index contributed by atoms with van der Waals surface area (Å²) in [5.41, 5.74) is 6.13. The SMILES string of the molecule is Cc1ccc2nc(-c3ccc(NC4=CC(=O)CC(c5ccc(F)cc5)C4)cc3)sc2c1. The Hall–Kier alpha value is -3.31. The maximum atomic E-state index is 13.2. The lowest BCUT2D eigenvalue weighted by molar-refractivity contribution is -0.115. The van der Waals surface area contributed by atoms with Crippen LogP contribution in [0.5, 0.6) is 0 Å². The number of aryl methyl sites for hydroxylation is 1. The largest absolute Gasteiger partial charge is 0.359 e. The average Bonchev–Trinajstić information content (AvgIpc) is 3.17. The quantitative estimate of drug-likeness (QED) is 0.386. The highest BCUT2D eigenvalue weighted by atomic mass is 32.1. The summed E-state index contributed by atoms with van der Waals surface area (Å²) >= 11 is 1.69. The average molecular weight is 429 g/mol. The van der Waals surface area contributed by atoms with Crippen LogP contribution in [0, 0.1) is 12.7 Å². The number of hydrogen-bond donors (Lipinski definition) is 1. The maximum absolute atomic E-state index is 13.2. The zero-order chi connectivity index (χ0) is 21.4. The third kappa shape index (κ3) is 4.28. The molecule has 3 nitrogen and oxygen atoms in total. The summed E-state index contributed by atoms with van der Waals surface area (Å²) in [6.07, 6.45) is 2.85. The van der Waals surface area contributed by atoms with Crippen molar-refractivity contribution in [3.05, 3.63) is 95.4 Å². The molecule has 1 aromatic heterocycles. The van der Waals surface area contributed by atoms with Gasteiger partial charge in [0, 0.05) is 29.4 Å². The van der Waals surface area contributed by atoms with Crippen molar-refractivity contribution in [1.82, 2.24) is 4.98 Å². The molecule has 4 aromatic rings. The Labute approximate surface area is 184 Å². The zero-order valence-electron chi connectivity index (χ0n) is 17.1. The van der Waals surface area contributed by atoms with E-state index in [1.165, 1.54) is 22.4 Å². The lowest BCUT2D eigenvalue weighted by atomic mass is 9.85. The number of aromatic nitrogens is 1. The Morgan fingerprint density at radius 2 is 1.77 bits per heavy atom. The molecule has 3 aromatic carbocycles.